The van der Waals surface area contributed by atoms with E-state index in [-0.39, 0.29) is 23.2 Å². The van der Waals surface area contributed by atoms with Gasteiger partial charge in [0.05, 0.1) is 21.7 Å². The Morgan fingerprint density at radius 3 is 2.50 bits per heavy atom. The maximum atomic E-state index is 13.4. The molecule has 1 amide bonds. The number of benzene rings is 1. The Bertz CT molecular complexity index is 1390. The minimum atomic E-state index is -3.62. The van der Waals surface area contributed by atoms with Gasteiger partial charge in [0, 0.05) is 31.6 Å². The van der Waals surface area contributed by atoms with E-state index >= 15 is 0 Å². The summed E-state index contributed by atoms with van der Waals surface area (Å²) in [7, 11) is -3.62. The van der Waals surface area contributed by atoms with Crippen LogP contribution in [0.15, 0.2) is 69.5 Å². The molecule has 0 bridgehead atoms. The van der Waals surface area contributed by atoms with E-state index in [0.29, 0.717) is 40.0 Å². The first-order valence-electron chi connectivity index (χ1n) is 9.92. The molecule has 1 aliphatic heterocycles. The molecule has 4 heterocycles. The van der Waals surface area contributed by atoms with Crippen LogP contribution in [0.25, 0.3) is 22.4 Å². The molecule has 0 unspecified atom stereocenters. The zero-order chi connectivity index (χ0) is 22.3. The van der Waals surface area contributed by atoms with E-state index in [4.69, 9.17) is 16.0 Å². The standard InChI is InChI=1S/C22H18ClN3O4S2/c23-20-7-8-21(31-20)32(28,29)26-11-9-25(10-12-26)22(27)16-14-18(19-6-3-13-30-19)24-17-5-2-1-4-15(16)17/h1-8,13-14H,9-12H2. The van der Waals surface area contributed by atoms with Crippen LogP contribution in [0, 0.1) is 0 Å². The van der Waals surface area contributed by atoms with Crippen molar-refractivity contribution in [3.63, 3.8) is 0 Å². The number of sulfonamides is 1. The number of carbonyl (C=O) groups excluding carboxylic acids is 1. The van der Waals surface area contributed by atoms with E-state index < -0.39 is 10.0 Å². The second kappa shape index (κ2) is 8.32. The summed E-state index contributed by atoms with van der Waals surface area (Å²) in [6.45, 7) is 1.03. The fourth-order valence-electron chi connectivity index (χ4n) is 3.77. The number of fused-ring (bicyclic) bond motifs is 1. The third-order valence-corrected chi connectivity index (χ3v) is 8.99. The summed E-state index contributed by atoms with van der Waals surface area (Å²) in [6.07, 6.45) is 1.56. The number of nitrogens with zero attached hydrogens (tertiary/aromatic N) is 3. The first-order chi connectivity index (χ1) is 15.4. The molecule has 0 aliphatic carbocycles. The van der Waals surface area contributed by atoms with Crippen LogP contribution in [0.2, 0.25) is 4.34 Å². The summed E-state index contributed by atoms with van der Waals surface area (Å²) >= 11 is 6.94. The predicted molar refractivity (Wildman–Crippen MR) is 123 cm³/mol. The van der Waals surface area contributed by atoms with E-state index in [0.717, 1.165) is 16.7 Å². The Morgan fingerprint density at radius 2 is 1.81 bits per heavy atom. The van der Waals surface area contributed by atoms with Gasteiger partial charge in [-0.2, -0.15) is 4.31 Å². The molecule has 0 saturated carbocycles. The van der Waals surface area contributed by atoms with E-state index in [1.807, 2.05) is 24.3 Å². The molecule has 0 spiro atoms. The van der Waals surface area contributed by atoms with Gasteiger partial charge in [-0.3, -0.25) is 4.79 Å². The lowest BCUT2D eigenvalue weighted by molar-refractivity contribution is 0.0700. The molecule has 5 rings (SSSR count). The molecule has 3 aromatic heterocycles. The largest absolute Gasteiger partial charge is 0.463 e. The van der Waals surface area contributed by atoms with Crippen molar-refractivity contribution in [2.75, 3.05) is 26.2 Å². The van der Waals surface area contributed by atoms with Gasteiger partial charge in [0.25, 0.3) is 15.9 Å². The maximum absolute atomic E-state index is 13.4. The second-order valence-corrected chi connectivity index (χ2v) is 11.2. The van der Waals surface area contributed by atoms with Gasteiger partial charge in [0.15, 0.2) is 5.76 Å². The number of halogens is 1. The fraction of sp³-hybridized carbons (Fsp3) is 0.182. The molecule has 32 heavy (non-hydrogen) atoms. The van der Waals surface area contributed by atoms with E-state index in [2.05, 4.69) is 4.98 Å². The van der Waals surface area contributed by atoms with Crippen molar-refractivity contribution in [2.45, 2.75) is 4.21 Å². The van der Waals surface area contributed by atoms with Crippen LogP contribution in [0.1, 0.15) is 10.4 Å². The topological polar surface area (TPSA) is 83.7 Å². The lowest BCUT2D eigenvalue weighted by Gasteiger charge is -2.34. The van der Waals surface area contributed by atoms with Crippen molar-refractivity contribution in [3.05, 3.63) is 70.8 Å². The number of amides is 1. The first kappa shape index (κ1) is 21.1. The number of furan rings is 1. The van der Waals surface area contributed by atoms with Gasteiger partial charge in [-0.25, -0.2) is 13.4 Å². The number of thiophene rings is 1. The zero-order valence-corrected chi connectivity index (χ0v) is 19.2. The molecule has 0 radical (unpaired) electrons. The fourth-order valence-corrected chi connectivity index (χ4v) is 6.83. The van der Waals surface area contributed by atoms with Crippen LogP contribution < -0.4 is 0 Å². The highest BCUT2D eigenvalue weighted by molar-refractivity contribution is 7.91. The average Bonchev–Trinajstić information content (AvgIpc) is 3.50. The normalized spacial score (nSPS) is 15.3. The number of carbonyl (C=O) groups is 1. The second-order valence-electron chi connectivity index (χ2n) is 7.30. The lowest BCUT2D eigenvalue weighted by Crippen LogP contribution is -2.50. The molecule has 1 aliphatic rings. The predicted octanol–water partition coefficient (Wildman–Crippen LogP) is 4.36. The highest BCUT2D eigenvalue weighted by atomic mass is 35.5. The molecule has 164 valence electrons. The van der Waals surface area contributed by atoms with E-state index in [9.17, 15) is 13.2 Å². The maximum Gasteiger partial charge on any atom is 0.254 e. The molecule has 7 nitrogen and oxygen atoms in total. The summed E-state index contributed by atoms with van der Waals surface area (Å²) in [4.78, 5) is 19.8. The number of hydrogen-bond acceptors (Lipinski definition) is 6. The first-order valence-corrected chi connectivity index (χ1v) is 12.6. The third kappa shape index (κ3) is 3.81. The average molecular weight is 488 g/mol. The third-order valence-electron chi connectivity index (χ3n) is 5.39. The zero-order valence-electron chi connectivity index (χ0n) is 16.8. The Morgan fingerprint density at radius 1 is 1.03 bits per heavy atom. The van der Waals surface area contributed by atoms with Crippen LogP contribution in [0.3, 0.4) is 0 Å². The smallest absolute Gasteiger partial charge is 0.254 e. The van der Waals surface area contributed by atoms with Crippen molar-refractivity contribution in [1.29, 1.82) is 0 Å². The van der Waals surface area contributed by atoms with Gasteiger partial charge in [-0.15, -0.1) is 11.3 Å². The number of aromatic nitrogens is 1. The van der Waals surface area contributed by atoms with Gasteiger partial charge >= 0.3 is 0 Å². The quantitative estimate of drug-likeness (QED) is 0.427. The molecular weight excluding hydrogens is 470 g/mol. The summed E-state index contributed by atoms with van der Waals surface area (Å²) in [6, 6.07) is 15.8. The van der Waals surface area contributed by atoms with Crippen molar-refractivity contribution in [2.24, 2.45) is 0 Å². The number of piperazine rings is 1. The summed E-state index contributed by atoms with van der Waals surface area (Å²) in [5, 5.41) is 0.746. The highest BCUT2D eigenvalue weighted by Gasteiger charge is 2.32. The SMILES string of the molecule is O=C(c1cc(-c2ccco2)nc2ccccc12)N1CCN(S(=O)(=O)c2ccc(Cl)s2)CC1. The number of pyridine rings is 1. The number of para-hydroxylation sites is 1. The molecule has 0 N–H and O–H groups in total. The molecule has 10 heteroatoms. The molecule has 1 fully saturated rings. The van der Waals surface area contributed by atoms with E-state index in [1.165, 1.54) is 10.4 Å². The van der Waals surface area contributed by atoms with Gasteiger partial charge in [-0.05, 0) is 36.4 Å². The Hall–Kier alpha value is -2.72. The lowest BCUT2D eigenvalue weighted by atomic mass is 10.1. The minimum absolute atomic E-state index is 0.160. The van der Waals surface area contributed by atoms with Crippen molar-refractivity contribution < 1.29 is 17.6 Å². The Kier molecular flexibility index (Phi) is 5.50. The molecule has 1 saturated heterocycles. The van der Waals surface area contributed by atoms with Gasteiger partial charge in [0.2, 0.25) is 0 Å². The van der Waals surface area contributed by atoms with Crippen LogP contribution in [0.5, 0.6) is 0 Å². The van der Waals surface area contributed by atoms with Gasteiger partial charge in [-0.1, -0.05) is 29.8 Å². The van der Waals surface area contributed by atoms with E-state index in [1.54, 1.807) is 35.4 Å². The summed E-state index contributed by atoms with van der Waals surface area (Å²) < 4.78 is 33.2. The molecule has 1 aromatic carbocycles. The van der Waals surface area contributed by atoms with Crippen LogP contribution >= 0.6 is 22.9 Å². The van der Waals surface area contributed by atoms with Crippen LogP contribution in [0.4, 0.5) is 0 Å². The number of rotatable bonds is 4. The highest BCUT2D eigenvalue weighted by Crippen LogP contribution is 2.30. The molecular formula is C22H18ClN3O4S2. The molecule has 0 atom stereocenters. The minimum Gasteiger partial charge on any atom is -0.463 e. The van der Waals surface area contributed by atoms with Crippen molar-refractivity contribution in [3.8, 4) is 11.5 Å². The van der Waals surface area contributed by atoms with Crippen molar-refractivity contribution in [1.82, 2.24) is 14.2 Å². The summed E-state index contributed by atoms with van der Waals surface area (Å²) in [5.41, 5.74) is 1.79. The van der Waals surface area contributed by atoms with Gasteiger partial charge < -0.3 is 9.32 Å². The Labute approximate surface area is 193 Å². The molecule has 4 aromatic rings. The van der Waals surface area contributed by atoms with Gasteiger partial charge in [0.1, 0.15) is 9.90 Å². The van der Waals surface area contributed by atoms with Crippen molar-refractivity contribution >= 4 is 49.8 Å². The van der Waals surface area contributed by atoms with Crippen LogP contribution in [-0.4, -0.2) is 54.7 Å². The Balaban J connectivity index is 1.41. The summed E-state index contributed by atoms with van der Waals surface area (Å²) in [5.74, 6) is 0.419. The number of hydrogen-bond donors (Lipinski definition) is 0. The van der Waals surface area contributed by atoms with Crippen LogP contribution in [-0.2, 0) is 10.0 Å². The monoisotopic (exact) mass is 487 g/mol.